The molecular weight excluding hydrogens is 390 g/mol. The van der Waals surface area contributed by atoms with Gasteiger partial charge in [-0.25, -0.2) is 4.98 Å². The highest BCUT2D eigenvalue weighted by Gasteiger charge is 2.17. The van der Waals surface area contributed by atoms with Gasteiger partial charge in [-0.3, -0.25) is 10.4 Å². The van der Waals surface area contributed by atoms with E-state index in [0.717, 1.165) is 0 Å². The van der Waals surface area contributed by atoms with Gasteiger partial charge in [0.15, 0.2) is 0 Å². The Bertz CT molecular complexity index is 975. The van der Waals surface area contributed by atoms with E-state index in [1.807, 2.05) is 0 Å². The molecule has 3 aromatic rings. The van der Waals surface area contributed by atoms with Crippen LogP contribution in [0.3, 0.4) is 0 Å². The average Bonchev–Trinajstić information content (AvgIpc) is 2.63. The molecule has 0 radical (unpaired) electrons. The molecule has 5 nitrogen and oxygen atoms in total. The molecule has 1 aromatic carbocycles. The summed E-state index contributed by atoms with van der Waals surface area (Å²) in [5.41, 5.74) is 8.01. The zero-order chi connectivity index (χ0) is 19.6. The van der Waals surface area contributed by atoms with Gasteiger partial charge < -0.3 is 10.5 Å². The molecule has 0 fully saturated rings. The molecule has 27 heavy (non-hydrogen) atoms. The molecule has 0 unspecified atom stereocenters. The molecule has 0 saturated heterocycles. The number of nitrogens with two attached hydrogens (primary N) is 1. The van der Waals surface area contributed by atoms with E-state index < -0.39 is 12.1 Å². The fourth-order valence-corrected chi connectivity index (χ4v) is 3.25. The first-order valence-electron chi connectivity index (χ1n) is 7.92. The Labute approximate surface area is 165 Å². The van der Waals surface area contributed by atoms with Gasteiger partial charge in [0.2, 0.25) is 5.95 Å². The van der Waals surface area contributed by atoms with Crippen LogP contribution in [-0.4, -0.2) is 15.7 Å². The number of ether oxygens (including phenoxy) is 1. The molecule has 138 valence electrons. The predicted octanol–water partition coefficient (Wildman–Crippen LogP) is 5.06. The lowest BCUT2D eigenvalue weighted by molar-refractivity contribution is 0.227. The van der Waals surface area contributed by atoms with Crippen molar-refractivity contribution in [2.45, 2.75) is 13.0 Å². The van der Waals surface area contributed by atoms with Gasteiger partial charge in [-0.15, -0.1) is 0 Å². The van der Waals surface area contributed by atoms with Crippen LogP contribution in [0.1, 0.15) is 29.7 Å². The fourth-order valence-electron chi connectivity index (χ4n) is 2.58. The topological polar surface area (TPSA) is 84.9 Å². The number of nitrogens with zero attached hydrogens (tertiary/aromatic N) is 2. The second kappa shape index (κ2) is 7.90. The summed E-state index contributed by atoms with van der Waals surface area (Å²) in [6, 6.07) is 7.63. The zero-order valence-electron chi connectivity index (χ0n) is 14.2. The van der Waals surface area contributed by atoms with E-state index >= 15 is 0 Å². The van der Waals surface area contributed by atoms with Crippen LogP contribution in [-0.2, 0) is 0 Å². The van der Waals surface area contributed by atoms with Crippen LogP contribution in [0.4, 0.5) is 10.1 Å². The van der Waals surface area contributed by atoms with Gasteiger partial charge in [-0.1, -0.05) is 23.2 Å². The summed E-state index contributed by atoms with van der Waals surface area (Å²) >= 11 is 12.3. The lowest BCUT2D eigenvalue weighted by atomic mass is 10.0. The zero-order valence-corrected chi connectivity index (χ0v) is 15.7. The van der Waals surface area contributed by atoms with Crippen LogP contribution in [0.2, 0.25) is 10.0 Å². The maximum absolute atomic E-state index is 13.0. The molecule has 3 N–H and O–H groups in total. The van der Waals surface area contributed by atoms with Crippen LogP contribution < -0.4 is 10.5 Å². The Morgan fingerprint density at radius 1 is 1.15 bits per heavy atom. The predicted molar refractivity (Wildman–Crippen MR) is 104 cm³/mol. The summed E-state index contributed by atoms with van der Waals surface area (Å²) in [4.78, 5) is 7.50. The molecule has 0 spiro atoms. The largest absolute Gasteiger partial charge is 0.486 e. The van der Waals surface area contributed by atoms with Crippen molar-refractivity contribution in [3.63, 3.8) is 0 Å². The summed E-state index contributed by atoms with van der Waals surface area (Å²) in [7, 11) is 0. The molecule has 0 amide bonds. The highest BCUT2D eigenvalue weighted by atomic mass is 35.5. The van der Waals surface area contributed by atoms with Gasteiger partial charge in [0, 0.05) is 41.0 Å². The van der Waals surface area contributed by atoms with Crippen molar-refractivity contribution in [3.05, 3.63) is 81.6 Å². The molecule has 0 aliphatic heterocycles. The van der Waals surface area contributed by atoms with Gasteiger partial charge in [0.05, 0.1) is 15.8 Å². The maximum atomic E-state index is 13.0. The molecule has 2 heterocycles. The molecule has 8 heteroatoms. The molecular formula is C19H15Cl2FN4O. The van der Waals surface area contributed by atoms with E-state index in [1.54, 1.807) is 25.1 Å². The summed E-state index contributed by atoms with van der Waals surface area (Å²) < 4.78 is 19.0. The van der Waals surface area contributed by atoms with E-state index in [1.165, 1.54) is 30.7 Å². The van der Waals surface area contributed by atoms with E-state index in [4.69, 9.17) is 39.1 Å². The molecule has 0 saturated carbocycles. The van der Waals surface area contributed by atoms with E-state index in [9.17, 15) is 4.39 Å². The molecule has 0 aliphatic rings. The van der Waals surface area contributed by atoms with Crippen molar-refractivity contribution in [2.24, 2.45) is 0 Å². The summed E-state index contributed by atoms with van der Waals surface area (Å²) in [5.74, 6) is -0.132. The number of aromatic nitrogens is 2. The first-order valence-corrected chi connectivity index (χ1v) is 8.68. The van der Waals surface area contributed by atoms with Crippen molar-refractivity contribution < 1.29 is 9.13 Å². The quantitative estimate of drug-likeness (QED) is 0.353. The number of nitrogens with one attached hydrogen (secondary N) is 1. The van der Waals surface area contributed by atoms with Crippen molar-refractivity contribution in [1.29, 1.82) is 5.41 Å². The minimum atomic E-state index is -0.614. The monoisotopic (exact) mass is 404 g/mol. The van der Waals surface area contributed by atoms with Crippen LogP contribution in [0, 0.1) is 11.4 Å². The maximum Gasteiger partial charge on any atom is 0.212 e. The van der Waals surface area contributed by atoms with Gasteiger partial charge in [-0.2, -0.15) is 4.39 Å². The lowest BCUT2D eigenvalue weighted by Crippen LogP contribution is -2.09. The van der Waals surface area contributed by atoms with E-state index in [2.05, 4.69) is 9.97 Å². The summed E-state index contributed by atoms with van der Waals surface area (Å²) in [6.45, 7) is 1.80. The fraction of sp³-hybridized carbons (Fsp3) is 0.105. The number of nitrogen functional groups attached to an aromatic ring is 1. The molecule has 3 rings (SSSR count). The van der Waals surface area contributed by atoms with Crippen LogP contribution >= 0.6 is 23.2 Å². The Morgan fingerprint density at radius 3 is 2.48 bits per heavy atom. The highest BCUT2D eigenvalue weighted by molar-refractivity contribution is 6.35. The minimum Gasteiger partial charge on any atom is -0.486 e. The second-order valence-electron chi connectivity index (χ2n) is 5.77. The van der Waals surface area contributed by atoms with E-state index in [0.29, 0.717) is 38.2 Å². The molecule has 0 aliphatic carbocycles. The number of hydrogen-bond donors (Lipinski definition) is 2. The Morgan fingerprint density at radius 2 is 1.85 bits per heavy atom. The Hall–Kier alpha value is -2.70. The third-order valence-corrected chi connectivity index (χ3v) is 4.52. The third-order valence-electron chi connectivity index (χ3n) is 3.92. The average molecular weight is 405 g/mol. The first-order chi connectivity index (χ1) is 12.9. The van der Waals surface area contributed by atoms with Crippen molar-refractivity contribution in [2.75, 3.05) is 5.73 Å². The SMILES string of the molecule is C[C@@H](Oc1ccc(N)c(C(=N)c2ccc(F)nc2)c1)c1c(Cl)cncc1Cl. The Kier molecular flexibility index (Phi) is 5.58. The van der Waals surface area contributed by atoms with Gasteiger partial charge >= 0.3 is 0 Å². The van der Waals surface area contributed by atoms with Gasteiger partial charge in [0.25, 0.3) is 0 Å². The standard InChI is InChI=1S/C19H15Cl2FN4O/c1-10(18-14(20)8-25-9-15(18)21)27-12-3-4-16(23)13(6-12)19(24)11-2-5-17(22)26-7-11/h2-10,24H,23H2,1H3/t10-/m1/s1. The van der Waals surface area contributed by atoms with Gasteiger partial charge in [-0.05, 0) is 37.3 Å². The second-order valence-corrected chi connectivity index (χ2v) is 6.58. The molecule has 0 bridgehead atoms. The third kappa shape index (κ3) is 4.18. The van der Waals surface area contributed by atoms with Crippen molar-refractivity contribution in [1.82, 2.24) is 9.97 Å². The highest BCUT2D eigenvalue weighted by Crippen LogP contribution is 2.33. The summed E-state index contributed by atoms with van der Waals surface area (Å²) in [6.07, 6.45) is 3.82. The number of halogens is 3. The number of rotatable bonds is 5. The van der Waals surface area contributed by atoms with Crippen molar-refractivity contribution >= 4 is 34.6 Å². The van der Waals surface area contributed by atoms with Crippen LogP contribution in [0.15, 0.2) is 48.9 Å². The number of benzene rings is 1. The number of anilines is 1. The first kappa shape index (κ1) is 19.1. The smallest absolute Gasteiger partial charge is 0.212 e. The van der Waals surface area contributed by atoms with Gasteiger partial charge in [0.1, 0.15) is 11.9 Å². The minimum absolute atomic E-state index is 0.109. The van der Waals surface area contributed by atoms with E-state index in [-0.39, 0.29) is 5.71 Å². The molecule has 2 aromatic heterocycles. The van der Waals surface area contributed by atoms with Crippen molar-refractivity contribution in [3.8, 4) is 5.75 Å². The van der Waals surface area contributed by atoms with Crippen LogP contribution in [0.5, 0.6) is 5.75 Å². The normalized spacial score (nSPS) is 11.9. The molecule has 1 atom stereocenters. The number of pyridine rings is 2. The Balaban J connectivity index is 1.89. The summed E-state index contributed by atoms with van der Waals surface area (Å²) in [5, 5.41) is 9.14. The lowest BCUT2D eigenvalue weighted by Gasteiger charge is -2.18. The number of hydrogen-bond acceptors (Lipinski definition) is 5. The van der Waals surface area contributed by atoms with Crippen LogP contribution in [0.25, 0.3) is 0 Å².